The van der Waals surface area contributed by atoms with Gasteiger partial charge >= 0.3 is 0 Å². The van der Waals surface area contributed by atoms with E-state index in [0.717, 1.165) is 13.0 Å². The fourth-order valence-electron chi connectivity index (χ4n) is 3.42. The summed E-state index contributed by atoms with van der Waals surface area (Å²) in [7, 11) is 0. The van der Waals surface area contributed by atoms with Crippen LogP contribution in [0.15, 0.2) is 53.4 Å². The third-order valence-corrected chi connectivity index (χ3v) is 5.80. The Morgan fingerprint density at radius 1 is 1.14 bits per heavy atom. The molecule has 0 saturated heterocycles. The SMILES string of the molecule is CCCNC1(c2cccc3ccccc23)C(C)=CSC1C. The van der Waals surface area contributed by atoms with Gasteiger partial charge in [-0.3, -0.25) is 0 Å². The van der Waals surface area contributed by atoms with E-state index in [1.807, 2.05) is 11.8 Å². The Balaban J connectivity index is 2.22. The van der Waals surface area contributed by atoms with Gasteiger partial charge in [0, 0.05) is 5.25 Å². The van der Waals surface area contributed by atoms with Crippen LogP contribution in [0.3, 0.4) is 0 Å². The molecule has 2 aromatic rings. The molecule has 110 valence electrons. The Morgan fingerprint density at radius 2 is 1.90 bits per heavy atom. The van der Waals surface area contributed by atoms with Crippen LogP contribution in [-0.4, -0.2) is 11.8 Å². The molecule has 0 fully saturated rings. The van der Waals surface area contributed by atoms with Crippen LogP contribution in [0.25, 0.3) is 10.8 Å². The summed E-state index contributed by atoms with van der Waals surface area (Å²) >= 11 is 1.94. The third-order valence-electron chi connectivity index (χ3n) is 4.55. The molecule has 0 aromatic heterocycles. The number of benzene rings is 2. The Hall–Kier alpha value is -1.25. The molecule has 0 amide bonds. The van der Waals surface area contributed by atoms with Gasteiger partial charge in [0.25, 0.3) is 0 Å². The summed E-state index contributed by atoms with van der Waals surface area (Å²) in [6.07, 6.45) is 1.15. The van der Waals surface area contributed by atoms with E-state index in [0.29, 0.717) is 5.25 Å². The lowest BCUT2D eigenvalue weighted by molar-refractivity contribution is 0.398. The zero-order valence-electron chi connectivity index (χ0n) is 13.0. The van der Waals surface area contributed by atoms with Gasteiger partial charge in [-0.05, 0) is 47.2 Å². The summed E-state index contributed by atoms with van der Waals surface area (Å²) in [5.41, 5.74) is 2.81. The highest BCUT2D eigenvalue weighted by Crippen LogP contribution is 2.47. The first-order chi connectivity index (χ1) is 10.2. The first kappa shape index (κ1) is 14.7. The molecule has 1 heterocycles. The van der Waals surface area contributed by atoms with E-state index in [9.17, 15) is 0 Å². The van der Waals surface area contributed by atoms with Crippen molar-refractivity contribution in [1.29, 1.82) is 0 Å². The summed E-state index contributed by atoms with van der Waals surface area (Å²) in [6, 6.07) is 15.4. The van der Waals surface area contributed by atoms with Gasteiger partial charge < -0.3 is 5.32 Å². The predicted molar refractivity (Wildman–Crippen MR) is 94.7 cm³/mol. The first-order valence-electron chi connectivity index (χ1n) is 7.76. The molecule has 3 rings (SSSR count). The van der Waals surface area contributed by atoms with Crippen molar-refractivity contribution in [2.45, 2.75) is 38.0 Å². The maximum absolute atomic E-state index is 3.86. The fraction of sp³-hybridized carbons (Fsp3) is 0.368. The number of nitrogens with one attached hydrogen (secondary N) is 1. The molecule has 0 aliphatic carbocycles. The van der Waals surface area contributed by atoms with Gasteiger partial charge in [-0.25, -0.2) is 0 Å². The van der Waals surface area contributed by atoms with Gasteiger partial charge in [0.2, 0.25) is 0 Å². The monoisotopic (exact) mass is 297 g/mol. The molecule has 2 unspecified atom stereocenters. The maximum Gasteiger partial charge on any atom is 0.0782 e. The summed E-state index contributed by atoms with van der Waals surface area (Å²) < 4.78 is 0. The minimum absolute atomic E-state index is 0.0401. The average molecular weight is 297 g/mol. The van der Waals surface area contributed by atoms with Gasteiger partial charge in [0.1, 0.15) is 0 Å². The van der Waals surface area contributed by atoms with Gasteiger partial charge in [0.05, 0.1) is 5.54 Å². The number of hydrogen-bond acceptors (Lipinski definition) is 2. The predicted octanol–water partition coefficient (Wildman–Crippen LogP) is 5.07. The first-order valence-corrected chi connectivity index (χ1v) is 8.70. The molecule has 0 spiro atoms. The summed E-state index contributed by atoms with van der Waals surface area (Å²) in [5, 5.41) is 9.39. The van der Waals surface area contributed by atoms with Crippen LogP contribution in [0.1, 0.15) is 32.8 Å². The minimum Gasteiger partial charge on any atom is -0.303 e. The molecule has 2 aromatic carbocycles. The van der Waals surface area contributed by atoms with Gasteiger partial charge in [-0.1, -0.05) is 56.3 Å². The largest absolute Gasteiger partial charge is 0.303 e. The van der Waals surface area contributed by atoms with Crippen LogP contribution < -0.4 is 5.32 Å². The molecule has 0 radical (unpaired) electrons. The summed E-state index contributed by atoms with van der Waals surface area (Å²) in [6.45, 7) is 7.87. The molecule has 1 aliphatic rings. The van der Waals surface area contributed by atoms with Crippen molar-refractivity contribution in [2.75, 3.05) is 6.54 Å². The fourth-order valence-corrected chi connectivity index (χ4v) is 4.62. The van der Waals surface area contributed by atoms with E-state index in [2.05, 4.69) is 74.0 Å². The highest BCUT2D eigenvalue weighted by atomic mass is 32.2. The highest BCUT2D eigenvalue weighted by Gasteiger charge is 2.43. The quantitative estimate of drug-likeness (QED) is 0.845. The molecule has 0 bridgehead atoms. The van der Waals surface area contributed by atoms with Gasteiger partial charge in [0.15, 0.2) is 0 Å². The van der Waals surface area contributed by atoms with E-state index < -0.39 is 0 Å². The molecule has 1 nitrogen and oxygen atoms in total. The number of fused-ring (bicyclic) bond motifs is 1. The van der Waals surface area contributed by atoms with Crippen LogP contribution >= 0.6 is 11.8 Å². The van der Waals surface area contributed by atoms with Crippen LogP contribution in [0.4, 0.5) is 0 Å². The van der Waals surface area contributed by atoms with E-state index in [-0.39, 0.29) is 5.54 Å². The van der Waals surface area contributed by atoms with Crippen LogP contribution in [-0.2, 0) is 5.54 Å². The zero-order valence-corrected chi connectivity index (χ0v) is 13.8. The van der Waals surface area contributed by atoms with Crippen LogP contribution in [0.5, 0.6) is 0 Å². The lowest BCUT2D eigenvalue weighted by Crippen LogP contribution is -2.48. The van der Waals surface area contributed by atoms with E-state index in [4.69, 9.17) is 0 Å². The van der Waals surface area contributed by atoms with Crippen molar-refractivity contribution >= 4 is 22.5 Å². The Labute approximate surface area is 131 Å². The smallest absolute Gasteiger partial charge is 0.0782 e. The van der Waals surface area contributed by atoms with Crippen molar-refractivity contribution in [1.82, 2.24) is 5.32 Å². The Morgan fingerprint density at radius 3 is 2.62 bits per heavy atom. The van der Waals surface area contributed by atoms with Crippen molar-refractivity contribution in [3.8, 4) is 0 Å². The van der Waals surface area contributed by atoms with Crippen molar-refractivity contribution < 1.29 is 0 Å². The van der Waals surface area contributed by atoms with Crippen molar-refractivity contribution in [2.24, 2.45) is 0 Å². The van der Waals surface area contributed by atoms with E-state index in [1.165, 1.54) is 21.9 Å². The summed E-state index contributed by atoms with van der Waals surface area (Å²) in [5.74, 6) is 0. The van der Waals surface area contributed by atoms with E-state index in [1.54, 1.807) is 0 Å². The zero-order chi connectivity index (χ0) is 14.9. The number of thioether (sulfide) groups is 1. The maximum atomic E-state index is 3.86. The average Bonchev–Trinajstić information content (AvgIpc) is 2.81. The molecule has 21 heavy (non-hydrogen) atoms. The molecule has 2 atom stereocenters. The molecule has 1 aliphatic heterocycles. The lowest BCUT2D eigenvalue weighted by Gasteiger charge is -2.38. The van der Waals surface area contributed by atoms with Crippen LogP contribution in [0, 0.1) is 0 Å². The molecule has 2 heteroatoms. The second-order valence-electron chi connectivity index (χ2n) is 5.84. The number of rotatable bonds is 4. The molecular weight excluding hydrogens is 274 g/mol. The van der Waals surface area contributed by atoms with Gasteiger partial charge in [-0.15, -0.1) is 11.8 Å². The highest BCUT2D eigenvalue weighted by molar-refractivity contribution is 8.03. The van der Waals surface area contributed by atoms with Crippen molar-refractivity contribution in [3.63, 3.8) is 0 Å². The second-order valence-corrected chi connectivity index (χ2v) is 7.06. The van der Waals surface area contributed by atoms with Crippen LogP contribution in [0.2, 0.25) is 0 Å². The third kappa shape index (κ3) is 2.31. The molecular formula is C19H23NS. The Kier molecular flexibility index (Phi) is 4.10. The standard InChI is InChI=1S/C19H23NS/c1-4-12-20-19(14(2)13-21-15(19)3)18-11-7-9-16-8-5-6-10-17(16)18/h5-11,13,15,20H,4,12H2,1-3H3. The van der Waals surface area contributed by atoms with Crippen molar-refractivity contribution in [3.05, 3.63) is 59.0 Å². The molecule has 0 saturated carbocycles. The lowest BCUT2D eigenvalue weighted by atomic mass is 9.79. The minimum atomic E-state index is -0.0401. The number of hydrogen-bond donors (Lipinski definition) is 1. The van der Waals surface area contributed by atoms with Gasteiger partial charge in [-0.2, -0.15) is 0 Å². The topological polar surface area (TPSA) is 12.0 Å². The van der Waals surface area contributed by atoms with E-state index >= 15 is 0 Å². The second kappa shape index (κ2) is 5.86. The summed E-state index contributed by atoms with van der Waals surface area (Å²) in [4.78, 5) is 0. The molecule has 1 N–H and O–H groups in total. The normalized spacial score (nSPS) is 25.3. The Bertz CT molecular complexity index is 671.